The highest BCUT2D eigenvalue weighted by molar-refractivity contribution is 5.87. The van der Waals surface area contributed by atoms with Crippen LogP contribution in [-0.4, -0.2) is 71.8 Å². The summed E-state index contributed by atoms with van der Waals surface area (Å²) in [5.74, 6) is -16.8. The molecule has 3 N–H and O–H groups in total. The lowest BCUT2D eigenvalue weighted by molar-refractivity contribution is -0.157. The number of carbonyl (C=O) groups excluding carboxylic acids is 6. The number of nitrogens with one attached hydrogen (secondary N) is 3. The Kier molecular flexibility index (Phi) is 20.5. The van der Waals surface area contributed by atoms with E-state index < -0.39 is 94.2 Å². The van der Waals surface area contributed by atoms with E-state index in [0.717, 1.165) is 22.3 Å². The number of amides is 3. The number of fused-ring (bicyclic) bond motifs is 3. The largest absolute Gasteiger partial charge is 0.458 e. The molecule has 3 atom stereocenters. The first kappa shape index (κ1) is 57.5. The van der Waals surface area contributed by atoms with E-state index in [1.54, 1.807) is 41.5 Å². The quantitative estimate of drug-likeness (QED) is 0.0158. The van der Waals surface area contributed by atoms with Crippen molar-refractivity contribution in [3.63, 3.8) is 0 Å². The predicted molar refractivity (Wildman–Crippen MR) is 255 cm³/mol. The molecular weight excluding hydrogens is 934 g/mol. The maximum atomic E-state index is 14.5. The van der Waals surface area contributed by atoms with E-state index in [2.05, 4.69) is 20.7 Å². The number of alkyl carbamates (subject to hydrolysis) is 1. The highest BCUT2D eigenvalue weighted by Crippen LogP contribution is 2.44. The van der Waals surface area contributed by atoms with Gasteiger partial charge in [0.25, 0.3) is 0 Å². The summed E-state index contributed by atoms with van der Waals surface area (Å²) in [6.07, 6.45) is 2.42. The Hall–Kier alpha value is -6.07. The van der Waals surface area contributed by atoms with Gasteiger partial charge in [-0.15, -0.1) is 0 Å². The Morgan fingerprint density at radius 3 is 1.41 bits per heavy atom. The minimum Gasteiger partial charge on any atom is -0.458 e. The molecule has 0 saturated carbocycles. The molecule has 0 heterocycles. The molecule has 390 valence electrons. The van der Waals surface area contributed by atoms with Crippen LogP contribution >= 0.6 is 0 Å². The fourth-order valence-corrected chi connectivity index (χ4v) is 7.88. The molecule has 4 rings (SSSR count). The van der Waals surface area contributed by atoms with Crippen molar-refractivity contribution in [3.05, 3.63) is 88.7 Å². The van der Waals surface area contributed by atoms with Crippen molar-refractivity contribution in [3.8, 4) is 16.9 Å². The molecule has 0 aliphatic heterocycles. The van der Waals surface area contributed by atoms with Crippen LogP contribution in [-0.2, 0) is 33.4 Å². The number of hydrogen-bond acceptors (Lipinski definition) is 10. The summed E-state index contributed by atoms with van der Waals surface area (Å²) < 4.78 is 92.0. The average Bonchev–Trinajstić information content (AvgIpc) is 3.60. The van der Waals surface area contributed by atoms with Gasteiger partial charge in [0.05, 0.1) is 0 Å². The number of ketones is 1. The molecule has 71 heavy (non-hydrogen) atoms. The van der Waals surface area contributed by atoms with Crippen molar-refractivity contribution >= 4 is 35.8 Å². The third-order valence-corrected chi connectivity index (χ3v) is 11.4. The van der Waals surface area contributed by atoms with Gasteiger partial charge in [-0.25, -0.2) is 37.1 Å². The van der Waals surface area contributed by atoms with Gasteiger partial charge < -0.3 is 34.9 Å². The number of halogens is 5. The van der Waals surface area contributed by atoms with Crippen molar-refractivity contribution in [1.82, 2.24) is 16.0 Å². The molecule has 1 aliphatic carbocycles. The lowest BCUT2D eigenvalue weighted by atomic mass is 9.88. The molecule has 0 bridgehead atoms. The fraction of sp³-hybridized carbons (Fsp3) is 0.547. The maximum Gasteiger partial charge on any atom is 0.407 e. The molecule has 3 amide bonds. The lowest BCUT2D eigenvalue weighted by Gasteiger charge is -2.28. The molecule has 18 heteroatoms. The molecule has 0 radical (unpaired) electrons. The van der Waals surface area contributed by atoms with Crippen LogP contribution < -0.4 is 20.7 Å². The zero-order valence-electron chi connectivity index (χ0n) is 42.1. The van der Waals surface area contributed by atoms with Gasteiger partial charge in [-0.1, -0.05) is 95.0 Å². The zero-order chi connectivity index (χ0) is 52.8. The smallest absolute Gasteiger partial charge is 0.407 e. The maximum absolute atomic E-state index is 14.5. The van der Waals surface area contributed by atoms with Gasteiger partial charge >= 0.3 is 30.0 Å². The van der Waals surface area contributed by atoms with Gasteiger partial charge in [0.1, 0.15) is 41.7 Å². The molecule has 0 unspecified atom stereocenters. The van der Waals surface area contributed by atoms with Gasteiger partial charge in [-0.05, 0) is 108 Å². The van der Waals surface area contributed by atoms with Gasteiger partial charge in [-0.3, -0.25) is 4.79 Å². The summed E-state index contributed by atoms with van der Waals surface area (Å²) in [5.41, 5.74) is 1.95. The minimum atomic E-state index is -2.44. The van der Waals surface area contributed by atoms with Crippen LogP contribution in [0.25, 0.3) is 11.1 Å². The first-order chi connectivity index (χ1) is 33.2. The number of rotatable bonds is 23. The van der Waals surface area contributed by atoms with Crippen LogP contribution in [0.4, 0.5) is 31.5 Å². The van der Waals surface area contributed by atoms with E-state index in [1.807, 2.05) is 69.3 Å². The Bertz CT molecular complexity index is 2300. The summed E-state index contributed by atoms with van der Waals surface area (Å²) in [6, 6.07) is 10.7. The molecule has 0 aromatic heterocycles. The van der Waals surface area contributed by atoms with Gasteiger partial charge in [0.2, 0.25) is 34.8 Å². The third kappa shape index (κ3) is 17.9. The monoisotopic (exact) mass is 1000 g/mol. The lowest BCUT2D eigenvalue weighted by Crippen LogP contribution is -2.53. The van der Waals surface area contributed by atoms with Crippen LogP contribution in [0, 0.1) is 34.5 Å². The molecular formula is C53H68F5N3O10. The van der Waals surface area contributed by atoms with Crippen molar-refractivity contribution in [1.29, 1.82) is 0 Å². The Balaban J connectivity index is 1.29. The second-order valence-electron chi connectivity index (χ2n) is 21.0. The van der Waals surface area contributed by atoms with Crippen LogP contribution in [0.15, 0.2) is 48.5 Å². The SMILES string of the molecule is CC(C)(C)CC[C@H](NC(=O)N[C@@H](CCCCCC(=O)CCCCC[C@H](NC(=O)OCC1c2ccccc2-c2ccccc21)C(=O)Oc1c(F)c(F)c(F)c(F)c1F)C(=O)OC(C)(C)C)C(=O)OC(C)(C)C. The highest BCUT2D eigenvalue weighted by atomic mass is 19.2. The normalized spacial score (nSPS) is 13.8. The average molecular weight is 1000 g/mol. The van der Waals surface area contributed by atoms with E-state index >= 15 is 0 Å². The van der Waals surface area contributed by atoms with E-state index in [1.165, 1.54) is 0 Å². The molecule has 0 fully saturated rings. The van der Waals surface area contributed by atoms with Gasteiger partial charge in [0, 0.05) is 18.8 Å². The minimum absolute atomic E-state index is 0.0753. The first-order valence-corrected chi connectivity index (χ1v) is 24.0. The zero-order valence-corrected chi connectivity index (χ0v) is 42.1. The molecule has 13 nitrogen and oxygen atoms in total. The number of hydrogen-bond donors (Lipinski definition) is 3. The van der Waals surface area contributed by atoms with Crippen LogP contribution in [0.3, 0.4) is 0 Å². The highest BCUT2D eigenvalue weighted by Gasteiger charge is 2.34. The van der Waals surface area contributed by atoms with Crippen molar-refractivity contribution in [2.45, 2.75) is 175 Å². The number of carbonyl (C=O) groups is 6. The predicted octanol–water partition coefficient (Wildman–Crippen LogP) is 11.2. The number of esters is 3. The number of Topliss-reactive ketones (excluding diaryl/α,β-unsaturated/α-hetero) is 1. The fourth-order valence-electron chi connectivity index (χ4n) is 7.88. The first-order valence-electron chi connectivity index (χ1n) is 24.0. The number of ether oxygens (including phenoxy) is 4. The van der Waals surface area contributed by atoms with E-state index in [-0.39, 0.29) is 55.8 Å². The van der Waals surface area contributed by atoms with E-state index in [0.29, 0.717) is 44.9 Å². The second kappa shape index (κ2) is 25.4. The van der Waals surface area contributed by atoms with Crippen LogP contribution in [0.5, 0.6) is 5.75 Å². The molecule has 1 aliphatic rings. The molecule has 3 aromatic carbocycles. The summed E-state index contributed by atoms with van der Waals surface area (Å²) in [4.78, 5) is 78.8. The molecule has 0 saturated heterocycles. The van der Waals surface area contributed by atoms with Crippen LogP contribution in [0.2, 0.25) is 0 Å². The molecule has 3 aromatic rings. The van der Waals surface area contributed by atoms with E-state index in [4.69, 9.17) is 14.2 Å². The molecule has 0 spiro atoms. The standard InChI is InChI=1S/C53H68F5N3O10/c1-51(2,3)29-28-39(48(65)71-53(7,8)9)60-49(66)59-38(47(64)70-52(4,5)6)27-15-11-13-21-31(62)20-12-10-14-26-37(46(63)69-45-43(57)41(55)40(54)42(56)44(45)58)61-50(67)68-30-36-34-24-18-16-22-32(34)33-23-17-19-25-35(33)36/h16-19,22-25,36-39H,10-15,20-21,26-30H2,1-9H3,(H,61,67)(H2,59,60,66)/t37-,38-,39-/m0/s1. The third-order valence-electron chi connectivity index (χ3n) is 11.4. The number of urea groups is 1. The Labute approximate surface area is 412 Å². The van der Waals surface area contributed by atoms with E-state index in [9.17, 15) is 50.7 Å². The number of unbranched alkanes of at least 4 members (excludes halogenated alkanes) is 4. The summed E-state index contributed by atoms with van der Waals surface area (Å²) in [6.45, 7) is 16.1. The summed E-state index contributed by atoms with van der Waals surface area (Å²) in [5, 5.41) is 7.65. The van der Waals surface area contributed by atoms with Crippen molar-refractivity contribution in [2.75, 3.05) is 6.61 Å². The summed E-state index contributed by atoms with van der Waals surface area (Å²) >= 11 is 0. The van der Waals surface area contributed by atoms with Crippen LogP contribution in [0.1, 0.15) is 156 Å². The van der Waals surface area contributed by atoms with Crippen molar-refractivity contribution in [2.24, 2.45) is 5.41 Å². The topological polar surface area (TPSA) is 175 Å². The Morgan fingerprint density at radius 1 is 0.535 bits per heavy atom. The summed E-state index contributed by atoms with van der Waals surface area (Å²) in [7, 11) is 0. The Morgan fingerprint density at radius 2 is 0.958 bits per heavy atom. The van der Waals surface area contributed by atoms with Gasteiger partial charge in [0.15, 0.2) is 0 Å². The van der Waals surface area contributed by atoms with Crippen molar-refractivity contribution < 1.29 is 69.7 Å². The van der Waals surface area contributed by atoms with Gasteiger partial charge in [-0.2, -0.15) is 8.78 Å². The second-order valence-corrected chi connectivity index (χ2v) is 21.0. The number of benzene rings is 3.